The van der Waals surface area contributed by atoms with Crippen LogP contribution in [-0.4, -0.2) is 45.7 Å². The average molecular weight is 484 g/mol. The van der Waals surface area contributed by atoms with Crippen LogP contribution in [0.2, 0.25) is 0 Å². The van der Waals surface area contributed by atoms with Gasteiger partial charge in [0.05, 0.1) is 30.9 Å². The minimum atomic E-state index is -0.968. The third kappa shape index (κ3) is 2.87. The molecule has 7 heteroatoms. The summed E-state index contributed by atoms with van der Waals surface area (Å²) in [6.07, 6.45) is 11.5. The fourth-order valence-electron chi connectivity index (χ4n) is 8.74. The van der Waals surface area contributed by atoms with E-state index in [2.05, 4.69) is 26.5 Å². The number of allylic oxidation sites excluding steroid dienone is 4. The summed E-state index contributed by atoms with van der Waals surface area (Å²) in [5.74, 6) is 0.841. The van der Waals surface area contributed by atoms with Crippen LogP contribution in [0.25, 0.3) is 0 Å². The van der Waals surface area contributed by atoms with Gasteiger partial charge in [-0.3, -0.25) is 14.4 Å². The number of Topliss-reactive ketones (excluding diaryl/α,β-unsaturated/α-hetero) is 1. The maximum absolute atomic E-state index is 13.6. The van der Waals surface area contributed by atoms with E-state index in [1.165, 1.54) is 0 Å². The van der Waals surface area contributed by atoms with Gasteiger partial charge in [0, 0.05) is 34.8 Å². The molecule has 1 N–H and O–H groups in total. The SMILES string of the molecule is C[C@]12C=CC(=O)C=C1CCC1C2[C@@H](O)C[C@@]2(C)C1C[C@H]1CN(Cc3ccoc3)O[C@]12C(=O)CS. The first kappa shape index (κ1) is 22.8. The summed E-state index contributed by atoms with van der Waals surface area (Å²) in [4.78, 5) is 32.4. The summed E-state index contributed by atoms with van der Waals surface area (Å²) in [5, 5.41) is 13.6. The maximum Gasteiger partial charge on any atom is 0.178 e. The molecule has 1 aromatic rings. The van der Waals surface area contributed by atoms with Crippen LogP contribution in [0.15, 0.2) is 46.8 Å². The van der Waals surface area contributed by atoms with Crippen molar-refractivity contribution in [2.45, 2.75) is 57.8 Å². The summed E-state index contributed by atoms with van der Waals surface area (Å²) in [6, 6.07) is 1.92. The van der Waals surface area contributed by atoms with E-state index in [1.807, 2.05) is 17.2 Å². The summed E-state index contributed by atoms with van der Waals surface area (Å²) >= 11 is 4.40. The fraction of sp³-hybridized carbons (Fsp3) is 0.630. The van der Waals surface area contributed by atoms with Gasteiger partial charge in [0.15, 0.2) is 17.2 Å². The van der Waals surface area contributed by atoms with E-state index >= 15 is 0 Å². The van der Waals surface area contributed by atoms with Crippen LogP contribution in [0.5, 0.6) is 0 Å². The number of nitrogens with zero attached hydrogens (tertiary/aromatic N) is 1. The molecule has 4 fully saturated rings. The molecule has 0 spiro atoms. The smallest absolute Gasteiger partial charge is 0.178 e. The van der Waals surface area contributed by atoms with Crippen molar-refractivity contribution in [1.29, 1.82) is 0 Å². The predicted molar refractivity (Wildman–Crippen MR) is 129 cm³/mol. The molecule has 34 heavy (non-hydrogen) atoms. The Labute approximate surface area is 205 Å². The summed E-state index contributed by atoms with van der Waals surface area (Å²) < 4.78 is 5.23. The summed E-state index contributed by atoms with van der Waals surface area (Å²) in [7, 11) is 0. The number of aliphatic hydroxyl groups excluding tert-OH is 1. The van der Waals surface area contributed by atoms with Gasteiger partial charge < -0.3 is 9.52 Å². The Morgan fingerprint density at radius 2 is 2.18 bits per heavy atom. The van der Waals surface area contributed by atoms with Crippen LogP contribution < -0.4 is 0 Å². The summed E-state index contributed by atoms with van der Waals surface area (Å²) in [6.45, 7) is 5.60. The number of rotatable bonds is 4. The molecule has 0 bridgehead atoms. The molecule has 0 amide bonds. The van der Waals surface area contributed by atoms with Crippen molar-refractivity contribution in [3.8, 4) is 0 Å². The zero-order valence-corrected chi connectivity index (χ0v) is 20.7. The largest absolute Gasteiger partial charge is 0.472 e. The van der Waals surface area contributed by atoms with Crippen LogP contribution in [0.1, 0.15) is 45.1 Å². The number of hydroxylamine groups is 2. The normalized spacial score (nSPS) is 45.4. The van der Waals surface area contributed by atoms with Gasteiger partial charge in [-0.15, -0.1) is 0 Å². The molecule has 3 unspecified atom stereocenters. The zero-order chi connectivity index (χ0) is 23.9. The third-order valence-corrected chi connectivity index (χ3v) is 10.3. The molecule has 182 valence electrons. The molecule has 4 aliphatic carbocycles. The second kappa shape index (κ2) is 7.66. The van der Waals surface area contributed by atoms with Crippen molar-refractivity contribution in [3.63, 3.8) is 0 Å². The first-order valence-electron chi connectivity index (χ1n) is 12.4. The van der Waals surface area contributed by atoms with Crippen molar-refractivity contribution in [3.05, 3.63) is 48.0 Å². The highest BCUT2D eigenvalue weighted by molar-refractivity contribution is 7.81. The van der Waals surface area contributed by atoms with Gasteiger partial charge in [-0.2, -0.15) is 17.7 Å². The van der Waals surface area contributed by atoms with E-state index < -0.39 is 17.1 Å². The molecule has 1 aliphatic heterocycles. The second-order valence-electron chi connectivity index (χ2n) is 11.5. The van der Waals surface area contributed by atoms with Crippen molar-refractivity contribution < 1.29 is 24.0 Å². The van der Waals surface area contributed by atoms with Gasteiger partial charge in [0.1, 0.15) is 0 Å². The van der Waals surface area contributed by atoms with Crippen molar-refractivity contribution in [2.24, 2.45) is 34.5 Å². The fourth-order valence-corrected chi connectivity index (χ4v) is 8.97. The molecule has 8 atom stereocenters. The molecular formula is C27H33NO5S. The molecule has 1 saturated heterocycles. The Morgan fingerprint density at radius 1 is 1.35 bits per heavy atom. The Morgan fingerprint density at radius 3 is 2.91 bits per heavy atom. The van der Waals surface area contributed by atoms with Gasteiger partial charge in [0.2, 0.25) is 0 Å². The Balaban J connectivity index is 1.37. The third-order valence-electron chi connectivity index (χ3n) is 10.0. The molecule has 0 radical (unpaired) electrons. The van der Waals surface area contributed by atoms with Crippen LogP contribution in [0.4, 0.5) is 0 Å². The standard InChI is InChI=1S/C27H33NO5S/c1-25-7-5-19(29)9-17(25)3-4-20-21-10-18-13-28(12-16-6-8-32-14-16)33-27(18,23(31)15-34)26(21,2)11-22(30)24(20)25/h5-9,14,18,20-22,24,30,34H,3-4,10-13,15H2,1-2H3/t18-,20?,21?,22-,24?,25-,26-,27-/m0/s1. The number of hydrogen-bond donors (Lipinski definition) is 2. The van der Waals surface area contributed by atoms with Crippen LogP contribution >= 0.6 is 12.6 Å². The lowest BCUT2D eigenvalue weighted by molar-refractivity contribution is -0.252. The number of hydrogen-bond acceptors (Lipinski definition) is 7. The number of furan rings is 1. The van der Waals surface area contributed by atoms with E-state index in [-0.39, 0.29) is 46.4 Å². The van der Waals surface area contributed by atoms with Crippen molar-refractivity contribution >= 4 is 24.2 Å². The quantitative estimate of drug-likeness (QED) is 0.635. The molecule has 1 aromatic heterocycles. The number of ketones is 2. The lowest BCUT2D eigenvalue weighted by Crippen LogP contribution is -2.63. The van der Waals surface area contributed by atoms with Gasteiger partial charge in [-0.05, 0) is 55.7 Å². The molecule has 2 heterocycles. The van der Waals surface area contributed by atoms with Crippen LogP contribution in [0.3, 0.4) is 0 Å². The number of fused-ring (bicyclic) bond motifs is 7. The highest BCUT2D eigenvalue weighted by Crippen LogP contribution is 2.70. The highest BCUT2D eigenvalue weighted by atomic mass is 32.1. The Bertz CT molecular complexity index is 1080. The van der Waals surface area contributed by atoms with Crippen LogP contribution in [-0.2, 0) is 21.0 Å². The lowest BCUT2D eigenvalue weighted by atomic mass is 9.46. The number of thiol groups is 1. The topological polar surface area (TPSA) is 80.0 Å². The van der Waals surface area contributed by atoms with E-state index in [4.69, 9.17) is 9.25 Å². The highest BCUT2D eigenvalue weighted by Gasteiger charge is 2.74. The maximum atomic E-state index is 13.6. The first-order chi connectivity index (χ1) is 16.2. The average Bonchev–Trinajstić information content (AvgIpc) is 3.49. The number of carbonyl (C=O) groups excluding carboxylic acids is 2. The lowest BCUT2D eigenvalue weighted by Gasteiger charge is -2.60. The first-order valence-corrected chi connectivity index (χ1v) is 13.1. The Hall–Kier alpha value is -1.67. The molecule has 6 rings (SSSR count). The van der Waals surface area contributed by atoms with Gasteiger partial charge in [0.25, 0.3) is 0 Å². The van der Waals surface area contributed by atoms with Crippen LogP contribution in [0, 0.1) is 34.5 Å². The molecule has 6 nitrogen and oxygen atoms in total. The number of carbonyl (C=O) groups is 2. The molecular weight excluding hydrogens is 450 g/mol. The van der Waals surface area contributed by atoms with E-state index in [9.17, 15) is 14.7 Å². The van der Waals surface area contributed by atoms with Crippen molar-refractivity contribution in [1.82, 2.24) is 5.06 Å². The monoisotopic (exact) mass is 483 g/mol. The van der Waals surface area contributed by atoms with E-state index in [0.29, 0.717) is 19.5 Å². The molecule has 3 saturated carbocycles. The minimum Gasteiger partial charge on any atom is -0.472 e. The zero-order valence-electron chi connectivity index (χ0n) is 19.8. The van der Waals surface area contributed by atoms with E-state index in [0.717, 1.165) is 30.4 Å². The van der Waals surface area contributed by atoms with Gasteiger partial charge in [-0.1, -0.05) is 25.5 Å². The Kier molecular flexibility index (Phi) is 5.13. The molecule has 5 aliphatic rings. The van der Waals surface area contributed by atoms with Gasteiger partial charge in [-0.25, -0.2) is 0 Å². The minimum absolute atomic E-state index is 0.0249. The van der Waals surface area contributed by atoms with Crippen molar-refractivity contribution in [2.75, 3.05) is 12.3 Å². The van der Waals surface area contributed by atoms with Gasteiger partial charge >= 0.3 is 0 Å². The number of aliphatic hydroxyl groups is 1. The molecule has 0 aromatic carbocycles. The summed E-state index contributed by atoms with van der Waals surface area (Å²) in [5.41, 5.74) is 0.395. The second-order valence-corrected chi connectivity index (χ2v) is 11.8. The predicted octanol–water partition coefficient (Wildman–Crippen LogP) is 3.77. The van der Waals surface area contributed by atoms with E-state index in [1.54, 1.807) is 24.7 Å².